The Morgan fingerprint density at radius 1 is 0.936 bits per heavy atom. The van der Waals surface area contributed by atoms with Gasteiger partial charge in [0.15, 0.2) is 18.2 Å². The highest BCUT2D eigenvalue weighted by atomic mass is 16.7. The topological polar surface area (TPSA) is 154 Å². The van der Waals surface area contributed by atoms with Crippen molar-refractivity contribution in [2.75, 3.05) is 26.4 Å². The van der Waals surface area contributed by atoms with Gasteiger partial charge in [-0.2, -0.15) is 0 Å². The van der Waals surface area contributed by atoms with Crippen LogP contribution in [0.2, 0.25) is 0 Å². The monoisotopic (exact) mass is 650 g/mol. The first-order chi connectivity index (χ1) is 22.5. The second-order valence-corrected chi connectivity index (χ2v) is 11.5. The lowest BCUT2D eigenvalue weighted by atomic mass is 9.92. The molecule has 2 aromatic carbocycles. The van der Waals surface area contributed by atoms with E-state index in [0.717, 1.165) is 27.6 Å². The summed E-state index contributed by atoms with van der Waals surface area (Å²) in [6.45, 7) is 6.61. The lowest BCUT2D eigenvalue weighted by Crippen LogP contribution is -2.58. The Labute approximate surface area is 273 Å². The third-order valence-corrected chi connectivity index (χ3v) is 7.72. The van der Waals surface area contributed by atoms with E-state index in [4.69, 9.17) is 23.7 Å². The Balaban J connectivity index is 1.34. The van der Waals surface area contributed by atoms with Gasteiger partial charge >= 0.3 is 17.9 Å². The van der Waals surface area contributed by atoms with Crippen molar-refractivity contribution in [3.8, 4) is 0 Å². The van der Waals surface area contributed by atoms with Crippen LogP contribution in [0.25, 0.3) is 17.0 Å². The highest BCUT2D eigenvalue weighted by Gasteiger charge is 2.49. The zero-order valence-corrected chi connectivity index (χ0v) is 27.0. The predicted octanol–water partition coefficient (Wildman–Crippen LogP) is 3.55. The summed E-state index contributed by atoms with van der Waals surface area (Å²) in [5, 5.41) is 10.8. The second kappa shape index (κ2) is 17.0. The number of H-pyrrole nitrogens is 1. The number of nitrogens with one attached hydrogen (secondary N) is 1. The van der Waals surface area contributed by atoms with E-state index in [0.29, 0.717) is 19.6 Å². The molecular formula is C35H42N2O10. The first-order valence-corrected chi connectivity index (χ1v) is 15.5. The SMILES string of the molecule is CC(=O)OC[C@H]1O[C@@H](OCC(=O)/C=C/c2ccc(CN(CCO)Cc3c[nH]c4ccccc34)cc2)[C@H](C)[C@@H](OC(C)=O)[C@H]1OC(C)=O. The van der Waals surface area contributed by atoms with E-state index in [9.17, 15) is 24.3 Å². The van der Waals surface area contributed by atoms with Gasteiger partial charge in [0.2, 0.25) is 0 Å². The van der Waals surface area contributed by atoms with Crippen LogP contribution in [-0.2, 0) is 56.0 Å². The van der Waals surface area contributed by atoms with Gasteiger partial charge in [-0.15, -0.1) is 0 Å². The number of aromatic amines is 1. The van der Waals surface area contributed by atoms with E-state index in [2.05, 4.69) is 16.0 Å². The van der Waals surface area contributed by atoms with Gasteiger partial charge in [0.25, 0.3) is 0 Å². The average Bonchev–Trinajstić information content (AvgIpc) is 3.43. The highest BCUT2D eigenvalue weighted by Crippen LogP contribution is 2.32. The molecule has 1 saturated heterocycles. The van der Waals surface area contributed by atoms with Crippen molar-refractivity contribution in [1.29, 1.82) is 0 Å². The standard InChI is InChI=1S/C35H42N2O10/c1-22-33(45-24(3)40)34(46-25(4)41)32(21-43-23(2)39)47-35(22)44-20-29(42)14-13-26-9-11-27(12-10-26)18-37(15-16-38)19-28-17-36-31-8-6-5-7-30(28)31/h5-14,17,22,32-36,38H,15-16,18-21H2,1-4H3/b14-13+/t22-,32-,33-,34+,35-/m1/s1. The van der Waals surface area contributed by atoms with Crippen molar-refractivity contribution in [3.05, 3.63) is 77.5 Å². The van der Waals surface area contributed by atoms with E-state index in [-0.39, 0.29) is 25.6 Å². The lowest BCUT2D eigenvalue weighted by molar-refractivity contribution is -0.286. The van der Waals surface area contributed by atoms with Crippen molar-refractivity contribution in [2.24, 2.45) is 5.92 Å². The van der Waals surface area contributed by atoms with E-state index in [1.807, 2.05) is 48.7 Å². The lowest BCUT2D eigenvalue weighted by Gasteiger charge is -2.43. The van der Waals surface area contributed by atoms with Crippen LogP contribution in [0.15, 0.2) is 60.8 Å². The summed E-state index contributed by atoms with van der Waals surface area (Å²) in [4.78, 5) is 53.3. The molecule has 3 aromatic rings. The number of aliphatic hydroxyl groups excluding tert-OH is 1. The van der Waals surface area contributed by atoms with Gasteiger partial charge in [-0.05, 0) is 28.8 Å². The fourth-order valence-corrected chi connectivity index (χ4v) is 5.52. The maximum absolute atomic E-state index is 12.7. The Morgan fingerprint density at radius 2 is 1.64 bits per heavy atom. The second-order valence-electron chi connectivity index (χ2n) is 11.5. The number of aromatic nitrogens is 1. The maximum atomic E-state index is 12.7. The van der Waals surface area contributed by atoms with Gasteiger partial charge in [-0.1, -0.05) is 55.5 Å². The van der Waals surface area contributed by atoms with Gasteiger partial charge in [0, 0.05) is 63.4 Å². The van der Waals surface area contributed by atoms with Crippen LogP contribution in [0.1, 0.15) is 44.4 Å². The summed E-state index contributed by atoms with van der Waals surface area (Å²) in [7, 11) is 0. The number of esters is 3. The van der Waals surface area contributed by atoms with Gasteiger partial charge in [0.1, 0.15) is 25.4 Å². The number of aliphatic hydroxyl groups is 1. The van der Waals surface area contributed by atoms with Crippen molar-refractivity contribution >= 4 is 40.7 Å². The number of rotatable bonds is 15. The number of fused-ring (bicyclic) bond motifs is 1. The van der Waals surface area contributed by atoms with Crippen molar-refractivity contribution in [1.82, 2.24) is 9.88 Å². The predicted molar refractivity (Wildman–Crippen MR) is 171 cm³/mol. The molecule has 1 aliphatic rings. The average molecular weight is 651 g/mol. The van der Waals surface area contributed by atoms with E-state index >= 15 is 0 Å². The molecule has 0 saturated carbocycles. The first-order valence-electron chi connectivity index (χ1n) is 15.5. The minimum atomic E-state index is -1.05. The quantitative estimate of drug-likeness (QED) is 0.141. The number of hydrogen-bond donors (Lipinski definition) is 2. The summed E-state index contributed by atoms with van der Waals surface area (Å²) in [5.74, 6) is -2.76. The molecular weight excluding hydrogens is 608 g/mol. The van der Waals surface area contributed by atoms with E-state index < -0.39 is 48.4 Å². The van der Waals surface area contributed by atoms with Crippen LogP contribution in [0.4, 0.5) is 0 Å². The fraction of sp³-hybridized carbons (Fsp3) is 0.429. The zero-order chi connectivity index (χ0) is 33.9. The van der Waals surface area contributed by atoms with Gasteiger partial charge in [-0.3, -0.25) is 24.1 Å². The Bertz CT molecular complexity index is 1550. The van der Waals surface area contributed by atoms with Crippen LogP contribution < -0.4 is 0 Å². The van der Waals surface area contributed by atoms with Crippen molar-refractivity contribution < 1.29 is 48.0 Å². The summed E-state index contributed by atoms with van der Waals surface area (Å²) in [5.41, 5.74) is 4.11. The van der Waals surface area contributed by atoms with E-state index in [1.54, 1.807) is 13.0 Å². The molecule has 0 aliphatic carbocycles. The first kappa shape index (κ1) is 35.5. The molecule has 12 nitrogen and oxygen atoms in total. The summed E-state index contributed by atoms with van der Waals surface area (Å²) < 4.78 is 27.6. The van der Waals surface area contributed by atoms with Crippen LogP contribution in [0.5, 0.6) is 0 Å². The molecule has 0 bridgehead atoms. The Kier molecular flexibility index (Phi) is 12.8. The third kappa shape index (κ3) is 10.3. The van der Waals surface area contributed by atoms with Crippen LogP contribution in [0, 0.1) is 5.92 Å². The molecule has 1 aliphatic heterocycles. The molecule has 0 radical (unpaired) electrons. The molecule has 5 atom stereocenters. The smallest absolute Gasteiger partial charge is 0.303 e. The number of benzene rings is 2. The number of nitrogens with zero attached hydrogens (tertiary/aromatic N) is 1. The van der Waals surface area contributed by atoms with Gasteiger partial charge in [-0.25, -0.2) is 0 Å². The highest BCUT2D eigenvalue weighted by molar-refractivity contribution is 5.94. The van der Waals surface area contributed by atoms with Gasteiger partial charge < -0.3 is 33.8 Å². The summed E-state index contributed by atoms with van der Waals surface area (Å²) in [6.07, 6.45) is 1.06. The Hall–Kier alpha value is -4.36. The van der Waals surface area contributed by atoms with Crippen molar-refractivity contribution in [3.63, 3.8) is 0 Å². The molecule has 2 N–H and O–H groups in total. The molecule has 0 amide bonds. The summed E-state index contributed by atoms with van der Waals surface area (Å²) >= 11 is 0. The molecule has 1 aromatic heterocycles. The number of ketones is 1. The Morgan fingerprint density at radius 3 is 2.32 bits per heavy atom. The van der Waals surface area contributed by atoms with E-state index in [1.165, 1.54) is 26.8 Å². The molecule has 1 fully saturated rings. The molecule has 0 unspecified atom stereocenters. The van der Waals surface area contributed by atoms with Crippen LogP contribution in [0.3, 0.4) is 0 Å². The molecule has 4 rings (SSSR count). The number of ether oxygens (including phenoxy) is 5. The van der Waals surface area contributed by atoms with Gasteiger partial charge in [0.05, 0.1) is 6.61 Å². The molecule has 12 heteroatoms. The molecule has 2 heterocycles. The minimum absolute atomic E-state index is 0.0437. The normalized spacial score (nSPS) is 21.2. The number of carbonyl (C=O) groups is 4. The number of carbonyl (C=O) groups excluding carboxylic acids is 4. The maximum Gasteiger partial charge on any atom is 0.303 e. The minimum Gasteiger partial charge on any atom is -0.463 e. The largest absolute Gasteiger partial charge is 0.463 e. The third-order valence-electron chi connectivity index (χ3n) is 7.72. The van der Waals surface area contributed by atoms with Crippen LogP contribution >= 0.6 is 0 Å². The number of hydrogen-bond acceptors (Lipinski definition) is 11. The van der Waals surface area contributed by atoms with Crippen molar-refractivity contribution in [2.45, 2.75) is 65.4 Å². The fourth-order valence-electron chi connectivity index (χ4n) is 5.52. The molecule has 0 spiro atoms. The zero-order valence-electron chi connectivity index (χ0n) is 27.0. The number of para-hydroxylation sites is 1. The molecule has 47 heavy (non-hydrogen) atoms. The van der Waals surface area contributed by atoms with Crippen LogP contribution in [-0.4, -0.2) is 89.6 Å². The molecule has 252 valence electrons. The summed E-state index contributed by atoms with van der Waals surface area (Å²) in [6, 6.07) is 15.9.